The largest absolute Gasteiger partial charge is 0.350 e. The van der Waals surface area contributed by atoms with E-state index in [1.165, 1.54) is 7.05 Å². The van der Waals surface area contributed by atoms with E-state index >= 15 is 0 Å². The van der Waals surface area contributed by atoms with Crippen LogP contribution < -0.4 is 16.0 Å². The van der Waals surface area contributed by atoms with E-state index in [9.17, 15) is 9.59 Å². The van der Waals surface area contributed by atoms with Crippen molar-refractivity contribution in [2.24, 2.45) is 0 Å². The fraction of sp³-hybridized carbons (Fsp3) is 0.333. The van der Waals surface area contributed by atoms with Gasteiger partial charge in [0.05, 0.1) is 0 Å². The third-order valence-corrected chi connectivity index (χ3v) is 2.28. The fourth-order valence-corrected chi connectivity index (χ4v) is 1.27. The summed E-state index contributed by atoms with van der Waals surface area (Å²) >= 11 is 0. The van der Waals surface area contributed by atoms with Crippen LogP contribution in [-0.4, -0.2) is 25.0 Å². The summed E-state index contributed by atoms with van der Waals surface area (Å²) in [6, 6.07) is 8.67. The van der Waals surface area contributed by atoms with Gasteiger partial charge >= 0.3 is 6.03 Å². The Kier molecular flexibility index (Phi) is 5.00. The van der Waals surface area contributed by atoms with Crippen molar-refractivity contribution in [3.05, 3.63) is 35.9 Å². The summed E-state index contributed by atoms with van der Waals surface area (Å²) in [7, 11) is 1.50. The van der Waals surface area contributed by atoms with Crippen molar-refractivity contribution < 1.29 is 9.59 Å². The average molecular weight is 235 g/mol. The first-order valence-electron chi connectivity index (χ1n) is 5.43. The minimum atomic E-state index is -0.557. The van der Waals surface area contributed by atoms with Crippen LogP contribution in [0.2, 0.25) is 0 Å². The smallest absolute Gasteiger partial charge is 0.315 e. The topological polar surface area (TPSA) is 70.2 Å². The van der Waals surface area contributed by atoms with Crippen molar-refractivity contribution >= 4 is 11.9 Å². The molecule has 0 radical (unpaired) electrons. The second-order valence-electron chi connectivity index (χ2n) is 3.65. The second-order valence-corrected chi connectivity index (χ2v) is 3.65. The van der Waals surface area contributed by atoms with Crippen LogP contribution in [0, 0.1) is 0 Å². The molecule has 0 aromatic heterocycles. The van der Waals surface area contributed by atoms with Crippen molar-refractivity contribution in [3.63, 3.8) is 0 Å². The molecule has 0 bridgehead atoms. The van der Waals surface area contributed by atoms with Gasteiger partial charge in [-0.2, -0.15) is 0 Å². The number of carbonyl (C=O) groups excluding carboxylic acids is 2. The van der Waals surface area contributed by atoms with Crippen LogP contribution >= 0.6 is 0 Å². The predicted molar refractivity (Wildman–Crippen MR) is 65.3 cm³/mol. The lowest BCUT2D eigenvalue weighted by Gasteiger charge is -2.13. The van der Waals surface area contributed by atoms with E-state index in [1.54, 1.807) is 6.92 Å². The molecule has 92 valence electrons. The quantitative estimate of drug-likeness (QED) is 0.716. The maximum absolute atomic E-state index is 11.6. The predicted octanol–water partition coefficient (Wildman–Crippen LogP) is 0.620. The normalized spacial score (nSPS) is 11.4. The van der Waals surface area contributed by atoms with Gasteiger partial charge in [-0.25, -0.2) is 4.79 Å². The average Bonchev–Trinajstić information content (AvgIpc) is 2.36. The summed E-state index contributed by atoms with van der Waals surface area (Å²) in [5, 5.41) is 7.64. The van der Waals surface area contributed by atoms with E-state index in [2.05, 4.69) is 16.0 Å². The van der Waals surface area contributed by atoms with Crippen LogP contribution in [-0.2, 0) is 11.3 Å². The molecular weight excluding hydrogens is 218 g/mol. The number of carbonyl (C=O) groups is 2. The molecule has 0 heterocycles. The van der Waals surface area contributed by atoms with E-state index in [-0.39, 0.29) is 11.9 Å². The Morgan fingerprint density at radius 3 is 2.47 bits per heavy atom. The van der Waals surface area contributed by atoms with Crippen LogP contribution in [0.3, 0.4) is 0 Å². The van der Waals surface area contributed by atoms with Crippen LogP contribution in [0.4, 0.5) is 4.79 Å². The second kappa shape index (κ2) is 6.52. The molecule has 0 aliphatic carbocycles. The third kappa shape index (κ3) is 4.55. The van der Waals surface area contributed by atoms with Gasteiger partial charge in [0.1, 0.15) is 6.04 Å². The van der Waals surface area contributed by atoms with Crippen molar-refractivity contribution in [2.45, 2.75) is 19.5 Å². The van der Waals surface area contributed by atoms with Gasteiger partial charge in [0.15, 0.2) is 0 Å². The van der Waals surface area contributed by atoms with Crippen molar-refractivity contribution in [3.8, 4) is 0 Å². The van der Waals surface area contributed by atoms with Gasteiger partial charge in [0, 0.05) is 13.6 Å². The minimum Gasteiger partial charge on any atom is -0.350 e. The number of rotatable bonds is 4. The highest BCUT2D eigenvalue weighted by atomic mass is 16.2. The molecule has 3 N–H and O–H groups in total. The van der Waals surface area contributed by atoms with Crippen LogP contribution in [0.15, 0.2) is 30.3 Å². The van der Waals surface area contributed by atoms with Gasteiger partial charge in [-0.15, -0.1) is 0 Å². The zero-order chi connectivity index (χ0) is 12.7. The molecule has 0 spiro atoms. The summed E-state index contributed by atoms with van der Waals surface area (Å²) in [5.74, 6) is -0.211. The summed E-state index contributed by atoms with van der Waals surface area (Å²) in [6.07, 6.45) is 0. The molecule has 1 atom stereocenters. The van der Waals surface area contributed by atoms with E-state index in [1.807, 2.05) is 30.3 Å². The molecule has 1 unspecified atom stereocenters. The first-order chi connectivity index (χ1) is 8.13. The number of nitrogens with one attached hydrogen (secondary N) is 3. The molecule has 5 nitrogen and oxygen atoms in total. The molecule has 17 heavy (non-hydrogen) atoms. The Morgan fingerprint density at radius 2 is 1.88 bits per heavy atom. The number of amides is 3. The number of urea groups is 1. The van der Waals surface area contributed by atoms with Crippen LogP contribution in [0.5, 0.6) is 0 Å². The van der Waals surface area contributed by atoms with Gasteiger partial charge in [-0.3, -0.25) is 4.79 Å². The molecule has 0 saturated carbocycles. The van der Waals surface area contributed by atoms with E-state index < -0.39 is 6.04 Å². The van der Waals surface area contributed by atoms with Crippen LogP contribution in [0.1, 0.15) is 12.5 Å². The first kappa shape index (κ1) is 13.0. The van der Waals surface area contributed by atoms with E-state index in [0.717, 1.165) is 5.56 Å². The highest BCUT2D eigenvalue weighted by Crippen LogP contribution is 1.97. The minimum absolute atomic E-state index is 0.211. The fourth-order valence-electron chi connectivity index (χ4n) is 1.27. The number of hydrogen-bond acceptors (Lipinski definition) is 2. The zero-order valence-electron chi connectivity index (χ0n) is 9.99. The molecule has 5 heteroatoms. The molecule has 1 aromatic carbocycles. The van der Waals surface area contributed by atoms with E-state index in [4.69, 9.17) is 0 Å². The maximum Gasteiger partial charge on any atom is 0.315 e. The third-order valence-electron chi connectivity index (χ3n) is 2.28. The number of hydrogen-bond donors (Lipinski definition) is 3. The maximum atomic E-state index is 11.6. The van der Waals surface area contributed by atoms with Gasteiger partial charge in [0.25, 0.3) is 0 Å². The molecule has 0 aliphatic heterocycles. The Morgan fingerprint density at radius 1 is 1.24 bits per heavy atom. The van der Waals surface area contributed by atoms with Crippen molar-refractivity contribution in [1.29, 1.82) is 0 Å². The van der Waals surface area contributed by atoms with Crippen LogP contribution in [0.25, 0.3) is 0 Å². The lowest BCUT2D eigenvalue weighted by Crippen LogP contribution is -2.47. The first-order valence-corrected chi connectivity index (χ1v) is 5.43. The molecule has 0 fully saturated rings. The Hall–Kier alpha value is -2.04. The van der Waals surface area contributed by atoms with Crippen molar-refractivity contribution in [2.75, 3.05) is 7.05 Å². The standard InChI is InChI=1S/C12H17N3O2/c1-9(15-12(17)13-2)11(16)14-8-10-6-4-3-5-7-10/h3-7,9H,8H2,1-2H3,(H,14,16)(H2,13,15,17). The zero-order valence-corrected chi connectivity index (χ0v) is 9.99. The summed E-state index contributed by atoms with van der Waals surface area (Å²) in [5.41, 5.74) is 1.02. The van der Waals surface area contributed by atoms with E-state index in [0.29, 0.717) is 6.54 Å². The van der Waals surface area contributed by atoms with Gasteiger partial charge in [0.2, 0.25) is 5.91 Å². The molecule has 0 aliphatic rings. The highest BCUT2D eigenvalue weighted by Gasteiger charge is 2.13. The highest BCUT2D eigenvalue weighted by molar-refractivity contribution is 5.86. The Labute approximate surface area is 101 Å². The molecular formula is C12H17N3O2. The molecule has 1 aromatic rings. The summed E-state index contributed by atoms with van der Waals surface area (Å²) in [4.78, 5) is 22.6. The van der Waals surface area contributed by atoms with Gasteiger partial charge < -0.3 is 16.0 Å². The van der Waals surface area contributed by atoms with Crippen molar-refractivity contribution in [1.82, 2.24) is 16.0 Å². The summed E-state index contributed by atoms with van der Waals surface area (Å²) in [6.45, 7) is 2.09. The molecule has 1 rings (SSSR count). The lowest BCUT2D eigenvalue weighted by molar-refractivity contribution is -0.122. The Bertz CT molecular complexity index is 379. The Balaban J connectivity index is 2.37. The van der Waals surface area contributed by atoms with Gasteiger partial charge in [-0.1, -0.05) is 30.3 Å². The molecule has 3 amide bonds. The number of benzene rings is 1. The summed E-state index contributed by atoms with van der Waals surface area (Å²) < 4.78 is 0. The lowest BCUT2D eigenvalue weighted by atomic mass is 10.2. The SMILES string of the molecule is CNC(=O)NC(C)C(=O)NCc1ccccc1. The van der Waals surface area contributed by atoms with Gasteiger partial charge in [-0.05, 0) is 12.5 Å². The molecule has 0 saturated heterocycles. The monoisotopic (exact) mass is 235 g/mol.